The molecule has 1 aromatic rings. The number of nitrogens with one attached hydrogen (secondary N) is 1. The minimum absolute atomic E-state index is 0.0502. The van der Waals surface area contributed by atoms with Crippen LogP contribution < -0.4 is 10.9 Å². The smallest absolute Gasteiger partial charge is 0.267 e. The number of aromatic nitrogens is 2. The number of rotatable bonds is 3. The summed E-state index contributed by atoms with van der Waals surface area (Å²) in [5, 5.41) is 13.2. The number of fused-ring (bicyclic) bond motifs is 1. The monoisotopic (exact) mass is 281 g/mol. The zero-order valence-corrected chi connectivity index (χ0v) is 11.2. The molecule has 0 bridgehead atoms. The molecule has 0 spiro atoms. The van der Waals surface area contributed by atoms with Crippen LogP contribution in [-0.4, -0.2) is 38.5 Å². The van der Waals surface area contributed by atoms with Crippen molar-refractivity contribution in [1.82, 2.24) is 14.9 Å². The second-order valence-electron chi connectivity index (χ2n) is 5.02. The van der Waals surface area contributed by atoms with Crippen LogP contribution in [0.25, 0.3) is 0 Å². The normalized spacial score (nSPS) is 19.6. The van der Waals surface area contributed by atoms with E-state index in [1.54, 1.807) is 0 Å². The second-order valence-corrected chi connectivity index (χ2v) is 6.08. The molecule has 0 atom stereocenters. The van der Waals surface area contributed by atoms with Gasteiger partial charge in [0.15, 0.2) is 5.16 Å². The van der Waals surface area contributed by atoms with E-state index in [4.69, 9.17) is 0 Å². The minimum Gasteiger partial charge on any atom is -0.388 e. The summed E-state index contributed by atoms with van der Waals surface area (Å²) >= 11 is 1.51. The molecule has 0 unspecified atom stereocenters. The van der Waals surface area contributed by atoms with Gasteiger partial charge in [-0.1, -0.05) is 11.8 Å². The van der Waals surface area contributed by atoms with E-state index in [-0.39, 0.29) is 17.7 Å². The summed E-state index contributed by atoms with van der Waals surface area (Å²) < 4.78 is 1.53. The van der Waals surface area contributed by atoms with Gasteiger partial charge in [0.1, 0.15) is 5.56 Å². The van der Waals surface area contributed by atoms with Crippen molar-refractivity contribution >= 4 is 17.7 Å². The summed E-state index contributed by atoms with van der Waals surface area (Å²) in [6.07, 6.45) is 3.70. The maximum Gasteiger partial charge on any atom is 0.267 e. The van der Waals surface area contributed by atoms with E-state index in [1.807, 2.05) is 0 Å². The third-order valence-corrected chi connectivity index (χ3v) is 4.63. The van der Waals surface area contributed by atoms with Gasteiger partial charge >= 0.3 is 0 Å². The first-order chi connectivity index (χ1) is 9.09. The number of aliphatic hydroxyl groups is 1. The molecule has 3 rings (SSSR count). The van der Waals surface area contributed by atoms with Crippen LogP contribution in [0.5, 0.6) is 0 Å². The first-order valence-corrected chi connectivity index (χ1v) is 7.31. The van der Waals surface area contributed by atoms with Gasteiger partial charge in [0, 0.05) is 25.0 Å². The van der Waals surface area contributed by atoms with Crippen molar-refractivity contribution in [3.8, 4) is 0 Å². The lowest BCUT2D eigenvalue weighted by molar-refractivity contribution is -0.0300. The van der Waals surface area contributed by atoms with Gasteiger partial charge in [-0.15, -0.1) is 0 Å². The van der Waals surface area contributed by atoms with E-state index in [2.05, 4.69) is 10.3 Å². The SMILES string of the molecule is O=C(NCC1(O)CCC1)c1cnc2n(c1=O)CCS2. The Morgan fingerprint density at radius 2 is 2.37 bits per heavy atom. The number of amides is 1. The Morgan fingerprint density at radius 1 is 1.58 bits per heavy atom. The molecule has 2 N–H and O–H groups in total. The third kappa shape index (κ3) is 2.28. The Labute approximate surface area is 114 Å². The fourth-order valence-corrected chi connectivity index (χ4v) is 3.19. The van der Waals surface area contributed by atoms with Crippen molar-refractivity contribution < 1.29 is 9.90 Å². The fraction of sp³-hybridized carbons (Fsp3) is 0.583. The molecular weight excluding hydrogens is 266 g/mol. The molecule has 1 aromatic heterocycles. The molecule has 2 heterocycles. The van der Waals surface area contributed by atoms with E-state index in [9.17, 15) is 14.7 Å². The summed E-state index contributed by atoms with van der Waals surface area (Å²) in [4.78, 5) is 28.2. The largest absolute Gasteiger partial charge is 0.388 e. The number of hydrogen-bond acceptors (Lipinski definition) is 5. The third-order valence-electron chi connectivity index (χ3n) is 3.66. The van der Waals surface area contributed by atoms with Crippen LogP contribution >= 0.6 is 11.8 Å². The summed E-state index contributed by atoms with van der Waals surface area (Å²) in [6.45, 7) is 0.790. The molecule has 6 nitrogen and oxygen atoms in total. The maximum absolute atomic E-state index is 12.1. The molecule has 1 saturated carbocycles. The zero-order valence-electron chi connectivity index (χ0n) is 10.4. The summed E-state index contributed by atoms with van der Waals surface area (Å²) in [6, 6.07) is 0. The van der Waals surface area contributed by atoms with Gasteiger partial charge in [-0.3, -0.25) is 14.2 Å². The topological polar surface area (TPSA) is 84.2 Å². The van der Waals surface area contributed by atoms with Gasteiger partial charge in [-0.05, 0) is 19.3 Å². The van der Waals surface area contributed by atoms with E-state index < -0.39 is 11.5 Å². The lowest BCUT2D eigenvalue weighted by atomic mass is 9.80. The van der Waals surface area contributed by atoms with E-state index in [0.29, 0.717) is 24.5 Å². The van der Waals surface area contributed by atoms with Gasteiger partial charge < -0.3 is 10.4 Å². The Hall–Kier alpha value is -1.34. The number of carbonyl (C=O) groups is 1. The van der Waals surface area contributed by atoms with E-state index in [1.165, 1.54) is 22.5 Å². The highest BCUT2D eigenvalue weighted by molar-refractivity contribution is 7.99. The highest BCUT2D eigenvalue weighted by atomic mass is 32.2. The summed E-state index contributed by atoms with van der Waals surface area (Å²) in [5.41, 5.74) is -1.03. The molecule has 2 aliphatic rings. The highest BCUT2D eigenvalue weighted by Gasteiger charge is 2.34. The van der Waals surface area contributed by atoms with Crippen molar-refractivity contribution in [2.45, 2.75) is 36.6 Å². The number of thioether (sulfide) groups is 1. The van der Waals surface area contributed by atoms with Crippen LogP contribution in [0.1, 0.15) is 29.6 Å². The van der Waals surface area contributed by atoms with Gasteiger partial charge in [0.05, 0.1) is 5.60 Å². The Kier molecular flexibility index (Phi) is 3.10. The van der Waals surface area contributed by atoms with Crippen LogP contribution in [0.15, 0.2) is 16.1 Å². The lowest BCUT2D eigenvalue weighted by Gasteiger charge is -2.36. The van der Waals surface area contributed by atoms with Crippen LogP contribution in [-0.2, 0) is 6.54 Å². The fourth-order valence-electron chi connectivity index (χ4n) is 2.27. The maximum atomic E-state index is 12.1. The molecular formula is C12H15N3O3S. The molecule has 0 radical (unpaired) electrons. The summed E-state index contributed by atoms with van der Waals surface area (Å²) in [5.74, 6) is 0.359. The number of nitrogens with zero attached hydrogens (tertiary/aromatic N) is 2. The molecule has 19 heavy (non-hydrogen) atoms. The Balaban J connectivity index is 1.75. The average Bonchev–Trinajstić information content (AvgIpc) is 2.83. The molecule has 7 heteroatoms. The molecule has 1 aliphatic heterocycles. The van der Waals surface area contributed by atoms with Gasteiger partial charge in [0.25, 0.3) is 11.5 Å². The van der Waals surface area contributed by atoms with Crippen LogP contribution in [0.3, 0.4) is 0 Å². The zero-order chi connectivity index (χ0) is 13.5. The first kappa shape index (κ1) is 12.7. The van der Waals surface area contributed by atoms with Crippen molar-refractivity contribution in [1.29, 1.82) is 0 Å². The molecule has 1 aliphatic carbocycles. The van der Waals surface area contributed by atoms with Crippen molar-refractivity contribution in [3.63, 3.8) is 0 Å². The average molecular weight is 281 g/mol. The number of hydrogen-bond donors (Lipinski definition) is 2. The molecule has 0 saturated heterocycles. The molecule has 0 aromatic carbocycles. The number of carbonyl (C=O) groups excluding carboxylic acids is 1. The van der Waals surface area contributed by atoms with Gasteiger partial charge in [-0.2, -0.15) is 0 Å². The van der Waals surface area contributed by atoms with Gasteiger partial charge in [0.2, 0.25) is 0 Å². The second kappa shape index (κ2) is 4.64. The van der Waals surface area contributed by atoms with Crippen LogP contribution in [0.4, 0.5) is 0 Å². The minimum atomic E-state index is -0.786. The predicted octanol–water partition coefficient (Wildman–Crippen LogP) is -0.00620. The van der Waals surface area contributed by atoms with E-state index >= 15 is 0 Å². The lowest BCUT2D eigenvalue weighted by Crippen LogP contribution is -2.48. The van der Waals surface area contributed by atoms with Crippen molar-refractivity contribution in [3.05, 3.63) is 22.1 Å². The Morgan fingerprint density at radius 3 is 3.05 bits per heavy atom. The molecule has 102 valence electrons. The quantitative estimate of drug-likeness (QED) is 0.762. The van der Waals surface area contributed by atoms with E-state index in [0.717, 1.165) is 12.2 Å². The first-order valence-electron chi connectivity index (χ1n) is 6.32. The molecule has 1 amide bonds. The molecule has 1 fully saturated rings. The van der Waals surface area contributed by atoms with Crippen LogP contribution in [0, 0.1) is 0 Å². The van der Waals surface area contributed by atoms with Gasteiger partial charge in [-0.25, -0.2) is 4.98 Å². The summed E-state index contributed by atoms with van der Waals surface area (Å²) in [7, 11) is 0. The standard InChI is InChI=1S/C12H15N3O3S/c16-9(14-7-12(18)2-1-3-12)8-6-13-11-15(10(8)17)4-5-19-11/h6,18H,1-5,7H2,(H,14,16). The van der Waals surface area contributed by atoms with Crippen molar-refractivity contribution in [2.24, 2.45) is 0 Å². The predicted molar refractivity (Wildman–Crippen MR) is 70.4 cm³/mol. The van der Waals surface area contributed by atoms with Crippen molar-refractivity contribution in [2.75, 3.05) is 12.3 Å². The highest BCUT2D eigenvalue weighted by Crippen LogP contribution is 2.30. The Bertz CT molecular complexity index is 580. The van der Waals surface area contributed by atoms with Crippen LogP contribution in [0.2, 0.25) is 0 Å².